The van der Waals surface area contributed by atoms with Crippen LogP contribution in [-0.4, -0.2) is 22.7 Å². The highest BCUT2D eigenvalue weighted by Gasteiger charge is 1.99. The summed E-state index contributed by atoms with van der Waals surface area (Å²) in [6, 6.07) is 11.6. The van der Waals surface area contributed by atoms with Crippen LogP contribution in [0.4, 0.5) is 11.4 Å². The largest absolute Gasteiger partial charge is 0.494 e. The number of nitrogens with zero attached hydrogens (tertiary/aromatic N) is 1. The molecule has 0 saturated heterocycles. The number of rotatable bonds is 9. The lowest BCUT2D eigenvalue weighted by Crippen LogP contribution is -1.99. The van der Waals surface area contributed by atoms with Crippen LogP contribution >= 0.6 is 12.4 Å². The highest BCUT2D eigenvalue weighted by molar-refractivity contribution is 5.85. The van der Waals surface area contributed by atoms with Crippen LogP contribution in [0.25, 0.3) is 0 Å². The van der Waals surface area contributed by atoms with Gasteiger partial charge in [-0.15, -0.1) is 12.4 Å². The minimum absolute atomic E-state index is 0. The highest BCUT2D eigenvalue weighted by Crippen LogP contribution is 2.19. The van der Waals surface area contributed by atoms with Gasteiger partial charge in [-0.05, 0) is 55.7 Å². The van der Waals surface area contributed by atoms with E-state index in [2.05, 4.69) is 10.3 Å². The lowest BCUT2D eigenvalue weighted by molar-refractivity contribution is -0.137. The van der Waals surface area contributed by atoms with Gasteiger partial charge in [-0.25, -0.2) is 0 Å². The topological polar surface area (TPSA) is 71.5 Å². The van der Waals surface area contributed by atoms with Gasteiger partial charge >= 0.3 is 5.97 Å². The summed E-state index contributed by atoms with van der Waals surface area (Å²) in [6.07, 6.45) is 6.15. The molecule has 0 aliphatic rings. The van der Waals surface area contributed by atoms with Crippen molar-refractivity contribution < 1.29 is 14.6 Å². The van der Waals surface area contributed by atoms with E-state index in [0.717, 1.165) is 30.0 Å². The summed E-state index contributed by atoms with van der Waals surface area (Å²) in [5, 5.41) is 11.8. The number of pyridine rings is 1. The Morgan fingerprint density at radius 3 is 2.30 bits per heavy atom. The number of ether oxygens (including phenoxy) is 1. The first kappa shape index (κ1) is 18.8. The van der Waals surface area contributed by atoms with Gasteiger partial charge in [0.25, 0.3) is 0 Å². The van der Waals surface area contributed by atoms with E-state index in [1.165, 1.54) is 0 Å². The number of unbranched alkanes of at least 4 members (excludes halogenated alkanes) is 2. The molecule has 2 N–H and O–H groups in total. The first-order valence-corrected chi connectivity index (χ1v) is 7.36. The maximum absolute atomic E-state index is 10.4. The Hall–Kier alpha value is -2.27. The van der Waals surface area contributed by atoms with Crippen LogP contribution < -0.4 is 10.1 Å². The molecule has 0 aliphatic heterocycles. The van der Waals surface area contributed by atoms with Gasteiger partial charge in [-0.3, -0.25) is 9.78 Å². The van der Waals surface area contributed by atoms with Crippen molar-refractivity contribution in [1.82, 2.24) is 4.98 Å². The van der Waals surface area contributed by atoms with Gasteiger partial charge in [0.1, 0.15) is 5.75 Å². The van der Waals surface area contributed by atoms with E-state index in [1.807, 2.05) is 36.4 Å². The van der Waals surface area contributed by atoms with Gasteiger partial charge in [-0.2, -0.15) is 0 Å². The number of carbonyl (C=O) groups is 1. The lowest BCUT2D eigenvalue weighted by atomic mass is 10.2. The molecule has 1 heterocycles. The third-order valence-corrected chi connectivity index (χ3v) is 3.13. The molecule has 6 heteroatoms. The van der Waals surface area contributed by atoms with Gasteiger partial charge in [0, 0.05) is 30.2 Å². The van der Waals surface area contributed by atoms with Crippen molar-refractivity contribution in [1.29, 1.82) is 0 Å². The molecule has 0 bridgehead atoms. The standard InChI is InChI=1S/C17H20N2O3.ClH/c20-17(21)4-2-1-3-13-22-16-7-5-14(6-8-16)19-15-9-11-18-12-10-15;/h5-12H,1-4,13H2,(H,18,19)(H,20,21);1H. The monoisotopic (exact) mass is 336 g/mol. The third kappa shape index (κ3) is 7.51. The zero-order chi connectivity index (χ0) is 15.6. The smallest absolute Gasteiger partial charge is 0.303 e. The Morgan fingerprint density at radius 1 is 1.00 bits per heavy atom. The molecule has 124 valence electrons. The fraction of sp³-hybridized carbons (Fsp3) is 0.294. The second-order valence-corrected chi connectivity index (χ2v) is 4.94. The van der Waals surface area contributed by atoms with Crippen molar-refractivity contribution in [3.63, 3.8) is 0 Å². The summed E-state index contributed by atoms with van der Waals surface area (Å²) < 4.78 is 5.63. The molecule has 2 rings (SSSR count). The zero-order valence-corrected chi connectivity index (χ0v) is 13.6. The number of aliphatic carboxylic acids is 1. The number of halogens is 1. The average Bonchev–Trinajstić information content (AvgIpc) is 2.53. The maximum Gasteiger partial charge on any atom is 0.303 e. The molecule has 0 radical (unpaired) electrons. The number of benzene rings is 1. The molecule has 0 fully saturated rings. The Balaban J connectivity index is 0.00000264. The number of aromatic nitrogens is 1. The minimum atomic E-state index is -0.738. The normalized spacial score (nSPS) is 9.74. The van der Waals surface area contributed by atoms with E-state index in [1.54, 1.807) is 12.4 Å². The fourth-order valence-corrected chi connectivity index (χ4v) is 1.98. The average molecular weight is 337 g/mol. The van der Waals surface area contributed by atoms with Gasteiger partial charge in [0.2, 0.25) is 0 Å². The number of carboxylic acid groups (broad SMARTS) is 1. The SMILES string of the molecule is Cl.O=C(O)CCCCCOc1ccc(Nc2ccncc2)cc1. The molecule has 0 saturated carbocycles. The number of hydrogen-bond donors (Lipinski definition) is 2. The van der Waals surface area contributed by atoms with Crippen molar-refractivity contribution >= 4 is 29.8 Å². The molecular weight excluding hydrogens is 316 g/mol. The molecule has 1 aromatic heterocycles. The fourth-order valence-electron chi connectivity index (χ4n) is 1.98. The summed E-state index contributed by atoms with van der Waals surface area (Å²) in [6.45, 7) is 0.608. The van der Waals surface area contributed by atoms with Crippen molar-refractivity contribution in [3.05, 3.63) is 48.8 Å². The van der Waals surface area contributed by atoms with E-state index < -0.39 is 5.97 Å². The molecular formula is C17H21ClN2O3. The number of hydrogen-bond acceptors (Lipinski definition) is 4. The van der Waals surface area contributed by atoms with Crippen LogP contribution in [0.3, 0.4) is 0 Å². The van der Waals surface area contributed by atoms with Gasteiger partial charge < -0.3 is 15.2 Å². The number of anilines is 2. The Labute approximate surface area is 142 Å². The Kier molecular flexibility index (Phi) is 8.54. The van der Waals surface area contributed by atoms with E-state index in [-0.39, 0.29) is 18.8 Å². The Bertz CT molecular complexity index is 576. The molecule has 0 spiro atoms. The first-order valence-electron chi connectivity index (χ1n) is 7.36. The maximum atomic E-state index is 10.4. The van der Waals surface area contributed by atoms with Crippen molar-refractivity contribution in [2.75, 3.05) is 11.9 Å². The quantitative estimate of drug-likeness (QED) is 0.669. The van der Waals surface area contributed by atoms with E-state index in [4.69, 9.17) is 9.84 Å². The summed E-state index contributed by atoms with van der Waals surface area (Å²) in [5.74, 6) is 0.0803. The molecule has 0 unspecified atom stereocenters. The summed E-state index contributed by atoms with van der Waals surface area (Å²) in [7, 11) is 0. The van der Waals surface area contributed by atoms with E-state index in [0.29, 0.717) is 13.0 Å². The molecule has 1 aromatic carbocycles. The van der Waals surface area contributed by atoms with Crippen LogP contribution in [0, 0.1) is 0 Å². The Morgan fingerprint density at radius 2 is 1.65 bits per heavy atom. The second kappa shape index (κ2) is 10.5. The van der Waals surface area contributed by atoms with Crippen molar-refractivity contribution in [3.8, 4) is 5.75 Å². The predicted molar refractivity (Wildman–Crippen MR) is 92.8 cm³/mol. The van der Waals surface area contributed by atoms with Crippen molar-refractivity contribution in [2.45, 2.75) is 25.7 Å². The molecule has 0 atom stereocenters. The number of carboxylic acids is 1. The second-order valence-electron chi connectivity index (χ2n) is 4.94. The summed E-state index contributed by atoms with van der Waals surface area (Å²) in [5.41, 5.74) is 1.97. The van der Waals surface area contributed by atoms with Crippen LogP contribution in [0.15, 0.2) is 48.8 Å². The zero-order valence-electron chi connectivity index (χ0n) is 12.8. The summed E-state index contributed by atoms with van der Waals surface area (Å²) >= 11 is 0. The highest BCUT2D eigenvalue weighted by atomic mass is 35.5. The van der Waals surface area contributed by atoms with Gasteiger partial charge in [0.05, 0.1) is 6.61 Å². The molecule has 23 heavy (non-hydrogen) atoms. The van der Waals surface area contributed by atoms with E-state index in [9.17, 15) is 4.79 Å². The molecule has 0 amide bonds. The number of nitrogens with one attached hydrogen (secondary N) is 1. The lowest BCUT2D eigenvalue weighted by Gasteiger charge is -2.08. The summed E-state index contributed by atoms with van der Waals surface area (Å²) in [4.78, 5) is 14.3. The molecule has 2 aromatic rings. The first-order chi connectivity index (χ1) is 10.7. The van der Waals surface area contributed by atoms with E-state index >= 15 is 0 Å². The van der Waals surface area contributed by atoms with Crippen LogP contribution in [0.2, 0.25) is 0 Å². The molecule has 0 aliphatic carbocycles. The van der Waals surface area contributed by atoms with Crippen LogP contribution in [0.1, 0.15) is 25.7 Å². The third-order valence-electron chi connectivity index (χ3n) is 3.13. The van der Waals surface area contributed by atoms with Crippen molar-refractivity contribution in [2.24, 2.45) is 0 Å². The minimum Gasteiger partial charge on any atom is -0.494 e. The van der Waals surface area contributed by atoms with Gasteiger partial charge in [0.15, 0.2) is 0 Å². The molecule has 5 nitrogen and oxygen atoms in total. The predicted octanol–water partition coefficient (Wildman–Crippen LogP) is 4.27. The van der Waals surface area contributed by atoms with Crippen LogP contribution in [0.5, 0.6) is 5.75 Å². The van der Waals surface area contributed by atoms with Crippen LogP contribution in [-0.2, 0) is 4.79 Å². The van der Waals surface area contributed by atoms with Gasteiger partial charge in [-0.1, -0.05) is 0 Å².